The zero-order valence-electron chi connectivity index (χ0n) is 11.7. The second-order valence-corrected chi connectivity index (χ2v) is 4.69. The standard InChI is InChI=1S/C13H20N6/c1-4-5-11-12(14)15-9-16-13(11)18(2)7-10-6-17-19(3)8-10/h6,8-9H,4-5,7H2,1-3H3,(H2,14,15,16). The fraction of sp³-hybridized carbons (Fsp3) is 0.462. The molecule has 2 heterocycles. The van der Waals surface area contributed by atoms with Crippen LogP contribution >= 0.6 is 0 Å². The summed E-state index contributed by atoms with van der Waals surface area (Å²) in [5, 5.41) is 4.17. The molecule has 102 valence electrons. The molecule has 6 nitrogen and oxygen atoms in total. The van der Waals surface area contributed by atoms with E-state index in [0.717, 1.165) is 36.3 Å². The molecule has 0 fully saturated rings. The molecule has 2 aromatic rings. The van der Waals surface area contributed by atoms with Crippen molar-refractivity contribution < 1.29 is 0 Å². The van der Waals surface area contributed by atoms with Crippen LogP contribution in [0.15, 0.2) is 18.7 Å². The molecule has 0 radical (unpaired) electrons. The second kappa shape index (κ2) is 5.69. The van der Waals surface area contributed by atoms with E-state index in [-0.39, 0.29) is 0 Å². The summed E-state index contributed by atoms with van der Waals surface area (Å²) in [4.78, 5) is 10.5. The van der Waals surface area contributed by atoms with Crippen LogP contribution in [0, 0.1) is 0 Å². The predicted octanol–water partition coefficient (Wildman–Crippen LogP) is 1.38. The third-order valence-corrected chi connectivity index (χ3v) is 3.00. The van der Waals surface area contributed by atoms with Crippen molar-refractivity contribution in [2.24, 2.45) is 7.05 Å². The minimum Gasteiger partial charge on any atom is -0.383 e. The number of rotatable bonds is 5. The Morgan fingerprint density at radius 3 is 2.79 bits per heavy atom. The molecule has 0 saturated carbocycles. The lowest BCUT2D eigenvalue weighted by Crippen LogP contribution is -2.20. The SMILES string of the molecule is CCCc1c(N)ncnc1N(C)Cc1cnn(C)c1. The quantitative estimate of drug-likeness (QED) is 0.879. The zero-order chi connectivity index (χ0) is 13.8. The fourth-order valence-electron chi connectivity index (χ4n) is 2.14. The summed E-state index contributed by atoms with van der Waals surface area (Å²) in [6.07, 6.45) is 7.29. The van der Waals surface area contributed by atoms with E-state index in [4.69, 9.17) is 5.73 Å². The lowest BCUT2D eigenvalue weighted by Gasteiger charge is -2.20. The molecule has 0 aromatic carbocycles. The molecule has 19 heavy (non-hydrogen) atoms. The summed E-state index contributed by atoms with van der Waals surface area (Å²) in [5.74, 6) is 1.48. The van der Waals surface area contributed by atoms with Crippen molar-refractivity contribution in [1.82, 2.24) is 19.7 Å². The molecule has 0 unspecified atom stereocenters. The fourth-order valence-corrected chi connectivity index (χ4v) is 2.14. The maximum absolute atomic E-state index is 5.95. The van der Waals surface area contributed by atoms with Crippen LogP contribution in [-0.4, -0.2) is 26.8 Å². The Labute approximate surface area is 113 Å². The van der Waals surface area contributed by atoms with Gasteiger partial charge in [-0.3, -0.25) is 4.68 Å². The topological polar surface area (TPSA) is 72.9 Å². The molecule has 0 aliphatic carbocycles. The van der Waals surface area contributed by atoms with Gasteiger partial charge < -0.3 is 10.6 Å². The Bertz CT molecular complexity index is 548. The molecule has 2 N–H and O–H groups in total. The van der Waals surface area contributed by atoms with Crippen LogP contribution in [-0.2, 0) is 20.0 Å². The third-order valence-electron chi connectivity index (χ3n) is 3.00. The van der Waals surface area contributed by atoms with E-state index in [1.54, 1.807) is 4.68 Å². The summed E-state index contributed by atoms with van der Waals surface area (Å²) in [6, 6.07) is 0. The highest BCUT2D eigenvalue weighted by Crippen LogP contribution is 2.23. The number of hydrogen-bond acceptors (Lipinski definition) is 5. The average Bonchev–Trinajstić information content (AvgIpc) is 2.77. The van der Waals surface area contributed by atoms with Gasteiger partial charge in [-0.2, -0.15) is 5.10 Å². The molecule has 0 amide bonds. The number of nitrogens with two attached hydrogens (primary N) is 1. The third kappa shape index (κ3) is 3.01. The first-order valence-corrected chi connectivity index (χ1v) is 6.39. The number of nitrogen functional groups attached to an aromatic ring is 1. The van der Waals surface area contributed by atoms with Gasteiger partial charge in [-0.15, -0.1) is 0 Å². The summed E-state index contributed by atoms with van der Waals surface area (Å²) < 4.78 is 1.80. The van der Waals surface area contributed by atoms with Gasteiger partial charge >= 0.3 is 0 Å². The van der Waals surface area contributed by atoms with Crippen molar-refractivity contribution in [3.63, 3.8) is 0 Å². The minimum absolute atomic E-state index is 0.574. The maximum atomic E-state index is 5.95. The van der Waals surface area contributed by atoms with Gasteiger partial charge in [-0.05, 0) is 6.42 Å². The monoisotopic (exact) mass is 260 g/mol. The second-order valence-electron chi connectivity index (χ2n) is 4.69. The predicted molar refractivity (Wildman–Crippen MR) is 75.8 cm³/mol. The van der Waals surface area contributed by atoms with Gasteiger partial charge in [0.05, 0.1) is 6.20 Å². The van der Waals surface area contributed by atoms with Crippen molar-refractivity contribution in [2.75, 3.05) is 17.7 Å². The number of nitrogens with zero attached hydrogens (tertiary/aromatic N) is 5. The Kier molecular flexibility index (Phi) is 3.99. The van der Waals surface area contributed by atoms with Crippen molar-refractivity contribution in [3.8, 4) is 0 Å². The Morgan fingerprint density at radius 2 is 2.16 bits per heavy atom. The van der Waals surface area contributed by atoms with Crippen molar-refractivity contribution in [3.05, 3.63) is 29.8 Å². The normalized spacial score (nSPS) is 10.7. The molecular weight excluding hydrogens is 240 g/mol. The lowest BCUT2D eigenvalue weighted by molar-refractivity contribution is 0.766. The highest BCUT2D eigenvalue weighted by atomic mass is 15.2. The highest BCUT2D eigenvalue weighted by molar-refractivity contribution is 5.56. The summed E-state index contributed by atoms with van der Waals surface area (Å²) in [7, 11) is 3.92. The van der Waals surface area contributed by atoms with E-state index in [1.165, 1.54) is 6.33 Å². The zero-order valence-corrected chi connectivity index (χ0v) is 11.7. The molecule has 2 aromatic heterocycles. The van der Waals surface area contributed by atoms with Crippen LogP contribution in [0.5, 0.6) is 0 Å². The highest BCUT2D eigenvalue weighted by Gasteiger charge is 2.13. The van der Waals surface area contributed by atoms with Crippen molar-refractivity contribution in [2.45, 2.75) is 26.3 Å². The van der Waals surface area contributed by atoms with E-state index in [9.17, 15) is 0 Å². The largest absolute Gasteiger partial charge is 0.383 e. The Balaban J connectivity index is 2.23. The molecule has 0 spiro atoms. The molecular formula is C13H20N6. The Hall–Kier alpha value is -2.11. The first-order chi connectivity index (χ1) is 9.11. The van der Waals surface area contributed by atoms with Crippen LogP contribution in [0.2, 0.25) is 0 Å². The van der Waals surface area contributed by atoms with E-state index >= 15 is 0 Å². The molecule has 0 aliphatic heterocycles. The number of anilines is 2. The van der Waals surface area contributed by atoms with Gasteiger partial charge in [0, 0.05) is 38.0 Å². The first kappa shape index (κ1) is 13.3. The molecule has 0 aliphatic rings. The molecule has 2 rings (SSSR count). The summed E-state index contributed by atoms with van der Waals surface area (Å²) in [5.41, 5.74) is 8.12. The summed E-state index contributed by atoms with van der Waals surface area (Å²) in [6.45, 7) is 2.87. The van der Waals surface area contributed by atoms with Gasteiger partial charge in [0.2, 0.25) is 0 Å². The van der Waals surface area contributed by atoms with Crippen LogP contribution < -0.4 is 10.6 Å². The van der Waals surface area contributed by atoms with Crippen molar-refractivity contribution >= 4 is 11.6 Å². The van der Waals surface area contributed by atoms with E-state index in [1.807, 2.05) is 26.5 Å². The average molecular weight is 260 g/mol. The number of hydrogen-bond donors (Lipinski definition) is 1. The van der Waals surface area contributed by atoms with Gasteiger partial charge in [-0.1, -0.05) is 13.3 Å². The smallest absolute Gasteiger partial charge is 0.137 e. The minimum atomic E-state index is 0.574. The van der Waals surface area contributed by atoms with Gasteiger partial charge in [-0.25, -0.2) is 9.97 Å². The molecule has 0 saturated heterocycles. The van der Waals surface area contributed by atoms with Gasteiger partial charge in [0.15, 0.2) is 0 Å². The van der Waals surface area contributed by atoms with Crippen LogP contribution in [0.1, 0.15) is 24.5 Å². The van der Waals surface area contributed by atoms with E-state index in [2.05, 4.69) is 26.9 Å². The van der Waals surface area contributed by atoms with E-state index in [0.29, 0.717) is 5.82 Å². The molecule has 0 bridgehead atoms. The van der Waals surface area contributed by atoms with Gasteiger partial charge in [0.1, 0.15) is 18.0 Å². The van der Waals surface area contributed by atoms with Crippen molar-refractivity contribution in [1.29, 1.82) is 0 Å². The maximum Gasteiger partial charge on any atom is 0.137 e. The summed E-state index contributed by atoms with van der Waals surface area (Å²) >= 11 is 0. The van der Waals surface area contributed by atoms with Crippen LogP contribution in [0.25, 0.3) is 0 Å². The number of aromatic nitrogens is 4. The molecule has 6 heteroatoms. The van der Waals surface area contributed by atoms with E-state index < -0.39 is 0 Å². The molecule has 0 atom stereocenters. The first-order valence-electron chi connectivity index (χ1n) is 6.39. The number of aryl methyl sites for hydroxylation is 1. The van der Waals surface area contributed by atoms with Gasteiger partial charge in [0.25, 0.3) is 0 Å². The lowest BCUT2D eigenvalue weighted by atomic mass is 10.1. The van der Waals surface area contributed by atoms with Crippen LogP contribution in [0.4, 0.5) is 11.6 Å². The Morgan fingerprint density at radius 1 is 1.37 bits per heavy atom. The van der Waals surface area contributed by atoms with Crippen LogP contribution in [0.3, 0.4) is 0 Å².